The van der Waals surface area contributed by atoms with Gasteiger partial charge in [-0.05, 0) is 23.1 Å². The van der Waals surface area contributed by atoms with Gasteiger partial charge in [0.15, 0.2) is 0 Å². The zero-order valence-corrected chi connectivity index (χ0v) is 14.0. The van der Waals surface area contributed by atoms with E-state index in [0.29, 0.717) is 13.0 Å². The quantitative estimate of drug-likeness (QED) is 0.935. The summed E-state index contributed by atoms with van der Waals surface area (Å²) in [6.45, 7) is 2.29. The first-order chi connectivity index (χ1) is 11.7. The summed E-state index contributed by atoms with van der Waals surface area (Å²) in [5, 5.41) is 9.73. The Morgan fingerprint density at radius 2 is 1.71 bits per heavy atom. The molecule has 1 atom stereocenters. The number of hydrogen-bond donors (Lipinski definition) is 1. The van der Waals surface area contributed by atoms with Crippen LogP contribution in [0.15, 0.2) is 66.7 Å². The largest absolute Gasteiger partial charge is 0.396 e. The smallest absolute Gasteiger partial charge is 0.220 e. The summed E-state index contributed by atoms with van der Waals surface area (Å²) < 4.78 is 0. The normalized spacial score (nSPS) is 20.6. The highest BCUT2D eigenvalue weighted by molar-refractivity contribution is 5.78. The van der Waals surface area contributed by atoms with E-state index in [0.717, 1.165) is 12.0 Å². The summed E-state index contributed by atoms with van der Waals surface area (Å²) in [6.07, 6.45) is 3.50. The van der Waals surface area contributed by atoms with E-state index in [9.17, 15) is 9.90 Å². The Labute approximate surface area is 143 Å². The fraction of sp³-hybridized carbons (Fsp3) is 0.286. The summed E-state index contributed by atoms with van der Waals surface area (Å²) in [4.78, 5) is 14.2. The first-order valence-corrected chi connectivity index (χ1v) is 8.39. The van der Waals surface area contributed by atoms with Gasteiger partial charge in [-0.15, -0.1) is 0 Å². The van der Waals surface area contributed by atoms with Crippen LogP contribution in [0.5, 0.6) is 0 Å². The van der Waals surface area contributed by atoms with Gasteiger partial charge in [0.1, 0.15) is 0 Å². The van der Waals surface area contributed by atoms with Crippen molar-refractivity contribution in [3.8, 4) is 0 Å². The van der Waals surface area contributed by atoms with E-state index in [1.807, 2.05) is 53.4 Å². The van der Waals surface area contributed by atoms with Crippen LogP contribution in [0.3, 0.4) is 0 Å². The van der Waals surface area contributed by atoms with Crippen LogP contribution in [-0.4, -0.2) is 29.1 Å². The summed E-state index contributed by atoms with van der Waals surface area (Å²) in [7, 11) is 0. The van der Waals surface area contributed by atoms with Gasteiger partial charge >= 0.3 is 0 Å². The lowest BCUT2D eigenvalue weighted by molar-refractivity contribution is -0.134. The standard InChI is InChI=1S/C21H23NO2/c1-17(24)22-14-12-19(18-8-4-2-5-9-18)16-21(22,13-15-23)20-10-6-3-7-11-20/h2-11,16,23H,12-15H2,1H3. The molecule has 1 heterocycles. The highest BCUT2D eigenvalue weighted by atomic mass is 16.3. The second kappa shape index (κ2) is 7.02. The Morgan fingerprint density at radius 3 is 2.29 bits per heavy atom. The molecule has 0 bridgehead atoms. The predicted molar refractivity (Wildman–Crippen MR) is 96.2 cm³/mol. The van der Waals surface area contributed by atoms with Gasteiger partial charge in [-0.1, -0.05) is 66.7 Å². The minimum absolute atomic E-state index is 0.0250. The zero-order valence-electron chi connectivity index (χ0n) is 14.0. The Kier molecular flexibility index (Phi) is 4.81. The average molecular weight is 321 g/mol. The third-order valence-corrected chi connectivity index (χ3v) is 4.79. The number of hydrogen-bond acceptors (Lipinski definition) is 2. The highest BCUT2D eigenvalue weighted by Gasteiger charge is 2.40. The molecule has 1 N–H and O–H groups in total. The predicted octanol–water partition coefficient (Wildman–Crippen LogP) is 3.60. The third-order valence-electron chi connectivity index (χ3n) is 4.79. The topological polar surface area (TPSA) is 40.5 Å². The lowest BCUT2D eigenvalue weighted by Crippen LogP contribution is -2.50. The van der Waals surface area contributed by atoms with Crippen molar-refractivity contribution >= 4 is 11.5 Å². The fourth-order valence-corrected chi connectivity index (χ4v) is 3.68. The van der Waals surface area contributed by atoms with Gasteiger partial charge in [0.25, 0.3) is 0 Å². The van der Waals surface area contributed by atoms with Gasteiger partial charge in [-0.2, -0.15) is 0 Å². The number of aliphatic hydroxyl groups excluding tert-OH is 1. The van der Waals surface area contributed by atoms with E-state index in [-0.39, 0.29) is 12.5 Å². The molecule has 1 aliphatic heterocycles. The molecular weight excluding hydrogens is 298 g/mol. The van der Waals surface area contributed by atoms with Crippen molar-refractivity contribution in [1.82, 2.24) is 4.90 Å². The van der Waals surface area contributed by atoms with Crippen molar-refractivity contribution in [3.05, 3.63) is 77.9 Å². The maximum absolute atomic E-state index is 12.3. The van der Waals surface area contributed by atoms with Crippen LogP contribution in [0.2, 0.25) is 0 Å². The molecule has 3 rings (SSSR count). The molecule has 0 saturated carbocycles. The van der Waals surface area contributed by atoms with Crippen molar-refractivity contribution in [2.24, 2.45) is 0 Å². The lowest BCUT2D eigenvalue weighted by atomic mass is 9.78. The van der Waals surface area contributed by atoms with E-state index in [1.54, 1.807) is 6.92 Å². The van der Waals surface area contributed by atoms with E-state index in [4.69, 9.17) is 0 Å². The number of rotatable bonds is 4. The van der Waals surface area contributed by atoms with Crippen molar-refractivity contribution in [1.29, 1.82) is 0 Å². The summed E-state index contributed by atoms with van der Waals surface area (Å²) in [5.41, 5.74) is 2.86. The number of carbonyl (C=O) groups excluding carboxylic acids is 1. The molecule has 1 unspecified atom stereocenters. The van der Waals surface area contributed by atoms with Crippen LogP contribution in [0.25, 0.3) is 5.57 Å². The molecule has 0 aromatic heterocycles. The van der Waals surface area contributed by atoms with Gasteiger partial charge < -0.3 is 10.0 Å². The highest BCUT2D eigenvalue weighted by Crippen LogP contribution is 2.41. The van der Waals surface area contributed by atoms with Gasteiger partial charge in [0, 0.05) is 26.5 Å². The lowest BCUT2D eigenvalue weighted by Gasteiger charge is -2.45. The molecule has 124 valence electrons. The maximum atomic E-state index is 12.3. The SMILES string of the molecule is CC(=O)N1CCC(c2ccccc2)=CC1(CCO)c1ccccc1. The Balaban J connectivity index is 2.17. The van der Waals surface area contributed by atoms with Gasteiger partial charge in [0.2, 0.25) is 5.91 Å². The first kappa shape index (κ1) is 16.5. The molecule has 0 radical (unpaired) electrons. The van der Waals surface area contributed by atoms with Crippen molar-refractivity contribution in [2.75, 3.05) is 13.2 Å². The van der Waals surface area contributed by atoms with Gasteiger partial charge in [-0.3, -0.25) is 4.79 Å². The van der Waals surface area contributed by atoms with Crippen LogP contribution in [-0.2, 0) is 10.3 Å². The summed E-state index contributed by atoms with van der Waals surface area (Å²) in [5.74, 6) is 0.0377. The zero-order chi connectivity index (χ0) is 17.0. The molecule has 0 aliphatic carbocycles. The minimum atomic E-state index is -0.592. The average Bonchev–Trinajstić information content (AvgIpc) is 2.63. The molecule has 3 heteroatoms. The minimum Gasteiger partial charge on any atom is -0.396 e. The van der Waals surface area contributed by atoms with Crippen LogP contribution >= 0.6 is 0 Å². The van der Waals surface area contributed by atoms with Crippen LogP contribution in [0.1, 0.15) is 30.9 Å². The molecule has 1 amide bonds. The molecule has 0 fully saturated rings. The maximum Gasteiger partial charge on any atom is 0.220 e. The Hall–Kier alpha value is -2.39. The van der Waals surface area contributed by atoms with Crippen molar-refractivity contribution in [3.63, 3.8) is 0 Å². The van der Waals surface area contributed by atoms with Crippen LogP contribution in [0, 0.1) is 0 Å². The third kappa shape index (κ3) is 3.00. The fourth-order valence-electron chi connectivity index (χ4n) is 3.68. The summed E-state index contributed by atoms with van der Waals surface area (Å²) in [6, 6.07) is 20.3. The molecule has 0 saturated heterocycles. The number of amides is 1. The van der Waals surface area contributed by atoms with E-state index < -0.39 is 5.54 Å². The second-order valence-electron chi connectivity index (χ2n) is 6.22. The Bertz CT molecular complexity index is 724. The van der Waals surface area contributed by atoms with Crippen molar-refractivity contribution < 1.29 is 9.90 Å². The van der Waals surface area contributed by atoms with Crippen LogP contribution in [0.4, 0.5) is 0 Å². The molecule has 1 aliphatic rings. The van der Waals surface area contributed by atoms with E-state index >= 15 is 0 Å². The first-order valence-electron chi connectivity index (χ1n) is 8.39. The van der Waals surface area contributed by atoms with E-state index in [2.05, 4.69) is 18.2 Å². The molecule has 0 spiro atoms. The van der Waals surface area contributed by atoms with Crippen LogP contribution < -0.4 is 0 Å². The number of nitrogens with zero attached hydrogens (tertiary/aromatic N) is 1. The molecule has 3 nitrogen and oxygen atoms in total. The number of benzene rings is 2. The summed E-state index contributed by atoms with van der Waals surface area (Å²) >= 11 is 0. The molecule has 24 heavy (non-hydrogen) atoms. The second-order valence-corrected chi connectivity index (χ2v) is 6.22. The van der Waals surface area contributed by atoms with Gasteiger partial charge in [-0.25, -0.2) is 0 Å². The molecular formula is C21H23NO2. The number of aliphatic hydroxyl groups is 1. The molecule has 2 aromatic carbocycles. The number of carbonyl (C=O) groups is 1. The monoisotopic (exact) mass is 321 g/mol. The van der Waals surface area contributed by atoms with Gasteiger partial charge in [0.05, 0.1) is 5.54 Å². The Morgan fingerprint density at radius 1 is 1.08 bits per heavy atom. The van der Waals surface area contributed by atoms with E-state index in [1.165, 1.54) is 11.1 Å². The van der Waals surface area contributed by atoms with Crippen molar-refractivity contribution in [2.45, 2.75) is 25.3 Å². The molecule has 2 aromatic rings.